The van der Waals surface area contributed by atoms with Gasteiger partial charge in [-0.1, -0.05) is 18.2 Å². The maximum Gasteiger partial charge on any atom is 0.257 e. The van der Waals surface area contributed by atoms with Crippen molar-refractivity contribution in [3.63, 3.8) is 0 Å². The van der Waals surface area contributed by atoms with Crippen molar-refractivity contribution < 1.29 is 14.0 Å². The number of hydrogen-bond donors (Lipinski definition) is 0. The fraction of sp³-hybridized carbons (Fsp3) is 0.429. The van der Waals surface area contributed by atoms with Gasteiger partial charge < -0.3 is 14.2 Å². The molecule has 1 aromatic carbocycles. The number of benzene rings is 1. The first kappa shape index (κ1) is 16.9. The highest BCUT2D eigenvalue weighted by Gasteiger charge is 2.25. The average molecular weight is 352 g/mol. The molecule has 2 heterocycles. The first-order valence-corrected chi connectivity index (χ1v) is 9.40. The number of rotatable bonds is 3. The van der Waals surface area contributed by atoms with E-state index in [0.717, 1.165) is 18.4 Å². The molecule has 0 unspecified atom stereocenters. The molecule has 4 rings (SSSR count). The molecule has 2 amide bonds. The van der Waals surface area contributed by atoms with Gasteiger partial charge in [0.15, 0.2) is 0 Å². The Labute approximate surface area is 153 Å². The number of hydrogen-bond acceptors (Lipinski definition) is 3. The second-order valence-electron chi connectivity index (χ2n) is 7.17. The Bertz CT molecular complexity index is 790. The lowest BCUT2D eigenvalue weighted by atomic mass is 9.90. The Hall–Kier alpha value is -2.56. The number of nitrogens with zero attached hydrogens (tertiary/aromatic N) is 2. The summed E-state index contributed by atoms with van der Waals surface area (Å²) in [6.07, 6.45) is 8.23. The highest BCUT2D eigenvalue weighted by atomic mass is 16.3. The van der Waals surface area contributed by atoms with Crippen LogP contribution in [0.5, 0.6) is 0 Å². The van der Waals surface area contributed by atoms with Crippen molar-refractivity contribution in [3.05, 3.63) is 59.0 Å². The summed E-state index contributed by atoms with van der Waals surface area (Å²) in [7, 11) is 0. The molecule has 26 heavy (non-hydrogen) atoms. The topological polar surface area (TPSA) is 53.8 Å². The summed E-state index contributed by atoms with van der Waals surface area (Å²) in [5.74, 6) is 0.122. The average Bonchev–Trinajstić information content (AvgIpc) is 3.22. The van der Waals surface area contributed by atoms with E-state index in [1.165, 1.54) is 36.5 Å². The number of carbonyl (C=O) groups excluding carboxylic acids is 2. The number of amides is 2. The number of piperazine rings is 1. The van der Waals surface area contributed by atoms with Gasteiger partial charge in [0.1, 0.15) is 6.26 Å². The Morgan fingerprint density at radius 1 is 0.923 bits per heavy atom. The van der Waals surface area contributed by atoms with Gasteiger partial charge in [0.25, 0.3) is 5.91 Å². The van der Waals surface area contributed by atoms with Crippen LogP contribution in [-0.2, 0) is 24.1 Å². The molecule has 0 atom stereocenters. The zero-order valence-corrected chi connectivity index (χ0v) is 14.9. The molecule has 5 heteroatoms. The van der Waals surface area contributed by atoms with Crippen molar-refractivity contribution in [3.8, 4) is 0 Å². The molecule has 0 N–H and O–H groups in total. The van der Waals surface area contributed by atoms with E-state index in [1.807, 2.05) is 4.90 Å². The van der Waals surface area contributed by atoms with Crippen LogP contribution in [0.1, 0.15) is 39.9 Å². The quantitative estimate of drug-likeness (QED) is 0.853. The third kappa shape index (κ3) is 3.52. The van der Waals surface area contributed by atoms with E-state index in [2.05, 4.69) is 18.2 Å². The van der Waals surface area contributed by atoms with E-state index in [1.54, 1.807) is 11.0 Å². The van der Waals surface area contributed by atoms with Gasteiger partial charge in [-0.2, -0.15) is 0 Å². The molecule has 0 bridgehead atoms. The molecular formula is C21H24N2O3. The number of aryl methyl sites for hydroxylation is 2. The second kappa shape index (κ2) is 7.36. The Balaban J connectivity index is 1.33. The lowest BCUT2D eigenvalue weighted by Gasteiger charge is -2.34. The molecule has 0 spiro atoms. The molecule has 1 aliphatic heterocycles. The van der Waals surface area contributed by atoms with Crippen molar-refractivity contribution in [2.45, 2.75) is 32.1 Å². The van der Waals surface area contributed by atoms with Crippen molar-refractivity contribution in [2.75, 3.05) is 26.2 Å². The van der Waals surface area contributed by atoms with Crippen molar-refractivity contribution in [2.24, 2.45) is 0 Å². The number of fused-ring (bicyclic) bond motifs is 1. The van der Waals surface area contributed by atoms with Gasteiger partial charge in [0.2, 0.25) is 5.91 Å². The molecule has 0 saturated carbocycles. The monoisotopic (exact) mass is 352 g/mol. The zero-order chi connectivity index (χ0) is 17.9. The third-order valence-corrected chi connectivity index (χ3v) is 5.46. The van der Waals surface area contributed by atoms with E-state index in [9.17, 15) is 9.59 Å². The summed E-state index contributed by atoms with van der Waals surface area (Å²) in [6, 6.07) is 8.18. The summed E-state index contributed by atoms with van der Waals surface area (Å²) in [5.41, 5.74) is 4.53. The van der Waals surface area contributed by atoms with Crippen LogP contribution in [-0.4, -0.2) is 47.8 Å². The third-order valence-electron chi connectivity index (χ3n) is 5.46. The van der Waals surface area contributed by atoms with Crippen LogP contribution < -0.4 is 0 Å². The van der Waals surface area contributed by atoms with Crippen molar-refractivity contribution >= 4 is 11.8 Å². The molecule has 2 aliphatic rings. The van der Waals surface area contributed by atoms with Gasteiger partial charge in [-0.25, -0.2) is 0 Å². The van der Waals surface area contributed by atoms with Crippen LogP contribution in [0.3, 0.4) is 0 Å². The second-order valence-corrected chi connectivity index (χ2v) is 7.17. The SMILES string of the molecule is O=C(Cc1ccc2c(c1)CCCC2)N1CCN(C(=O)c2ccoc2)CC1. The molecule has 1 fully saturated rings. The fourth-order valence-electron chi connectivity index (χ4n) is 3.91. The van der Waals surface area contributed by atoms with Gasteiger partial charge in [-0.3, -0.25) is 9.59 Å². The zero-order valence-electron chi connectivity index (χ0n) is 14.9. The van der Waals surface area contributed by atoms with Crippen LogP contribution in [0.4, 0.5) is 0 Å². The van der Waals surface area contributed by atoms with Crippen molar-refractivity contribution in [1.82, 2.24) is 9.80 Å². The highest BCUT2D eigenvalue weighted by molar-refractivity contribution is 5.94. The lowest BCUT2D eigenvalue weighted by molar-refractivity contribution is -0.131. The Kier molecular flexibility index (Phi) is 4.78. The molecule has 1 aromatic heterocycles. The maximum atomic E-state index is 12.6. The molecule has 0 radical (unpaired) electrons. The van der Waals surface area contributed by atoms with Crippen LogP contribution in [0, 0.1) is 0 Å². The van der Waals surface area contributed by atoms with Gasteiger partial charge in [-0.15, -0.1) is 0 Å². The minimum Gasteiger partial charge on any atom is -0.472 e. The predicted octanol–water partition coefficient (Wildman–Crippen LogP) is 2.69. The first-order chi connectivity index (χ1) is 12.7. The van der Waals surface area contributed by atoms with E-state index in [-0.39, 0.29) is 11.8 Å². The smallest absolute Gasteiger partial charge is 0.257 e. The van der Waals surface area contributed by atoms with E-state index >= 15 is 0 Å². The summed E-state index contributed by atoms with van der Waals surface area (Å²) in [4.78, 5) is 28.6. The molecule has 1 aliphatic carbocycles. The van der Waals surface area contributed by atoms with Crippen LogP contribution in [0.25, 0.3) is 0 Å². The molecule has 5 nitrogen and oxygen atoms in total. The van der Waals surface area contributed by atoms with Crippen molar-refractivity contribution in [1.29, 1.82) is 0 Å². The Morgan fingerprint density at radius 3 is 2.38 bits per heavy atom. The minimum absolute atomic E-state index is 0.0273. The normalized spacial score (nSPS) is 17.1. The van der Waals surface area contributed by atoms with E-state index in [0.29, 0.717) is 38.2 Å². The number of carbonyl (C=O) groups is 2. The van der Waals surface area contributed by atoms with Gasteiger partial charge in [0, 0.05) is 26.2 Å². The van der Waals surface area contributed by atoms with Gasteiger partial charge >= 0.3 is 0 Å². The summed E-state index contributed by atoms with van der Waals surface area (Å²) in [5, 5.41) is 0. The van der Waals surface area contributed by atoms with E-state index < -0.39 is 0 Å². The van der Waals surface area contributed by atoms with E-state index in [4.69, 9.17) is 4.42 Å². The molecule has 1 saturated heterocycles. The number of furan rings is 1. The molecule has 2 aromatic rings. The van der Waals surface area contributed by atoms with Crippen LogP contribution in [0.2, 0.25) is 0 Å². The fourth-order valence-corrected chi connectivity index (χ4v) is 3.91. The summed E-state index contributed by atoms with van der Waals surface area (Å²) >= 11 is 0. The molecule has 136 valence electrons. The highest BCUT2D eigenvalue weighted by Crippen LogP contribution is 2.22. The first-order valence-electron chi connectivity index (χ1n) is 9.40. The molecular weight excluding hydrogens is 328 g/mol. The lowest BCUT2D eigenvalue weighted by Crippen LogP contribution is -2.50. The maximum absolute atomic E-state index is 12.6. The van der Waals surface area contributed by atoms with Gasteiger partial charge in [0.05, 0.1) is 18.2 Å². The Morgan fingerprint density at radius 2 is 1.65 bits per heavy atom. The predicted molar refractivity (Wildman–Crippen MR) is 98.0 cm³/mol. The summed E-state index contributed by atoms with van der Waals surface area (Å²) in [6.45, 7) is 2.32. The largest absolute Gasteiger partial charge is 0.472 e. The van der Waals surface area contributed by atoms with Gasteiger partial charge in [-0.05, 0) is 48.4 Å². The standard InChI is InChI=1S/C21H24N2O3/c24-20(14-16-5-6-17-3-1-2-4-18(17)13-16)22-8-10-23(11-9-22)21(25)19-7-12-26-15-19/h5-7,12-13,15H,1-4,8-11,14H2. The van der Waals surface area contributed by atoms with Crippen LogP contribution in [0.15, 0.2) is 41.2 Å². The summed E-state index contributed by atoms with van der Waals surface area (Å²) < 4.78 is 4.98. The van der Waals surface area contributed by atoms with Crippen LogP contribution >= 0.6 is 0 Å². The minimum atomic E-state index is -0.0273.